The van der Waals surface area contributed by atoms with Gasteiger partial charge < -0.3 is 14.4 Å². The van der Waals surface area contributed by atoms with Crippen LogP contribution in [0, 0.1) is 5.82 Å². The van der Waals surface area contributed by atoms with Crippen molar-refractivity contribution >= 4 is 5.97 Å². The number of aryl methyl sites for hydroxylation is 1. The molecule has 0 fully saturated rings. The van der Waals surface area contributed by atoms with Crippen LogP contribution in [0.2, 0.25) is 0 Å². The van der Waals surface area contributed by atoms with E-state index < -0.39 is 11.8 Å². The molecule has 0 saturated carbocycles. The summed E-state index contributed by atoms with van der Waals surface area (Å²) in [5.74, 6) is -2.04. The van der Waals surface area contributed by atoms with Crippen LogP contribution in [-0.4, -0.2) is 23.3 Å². The molecule has 0 aliphatic rings. The summed E-state index contributed by atoms with van der Waals surface area (Å²) in [6, 6.07) is 4.31. The van der Waals surface area contributed by atoms with Gasteiger partial charge in [-0.25, -0.2) is 9.18 Å². The number of carboxylic acid groups (broad SMARTS) is 1. The predicted octanol–water partition coefficient (Wildman–Crippen LogP) is 2.75. The summed E-state index contributed by atoms with van der Waals surface area (Å²) in [6.07, 6.45) is 0.636. The summed E-state index contributed by atoms with van der Waals surface area (Å²) in [4.78, 5) is 10.8. The summed E-state index contributed by atoms with van der Waals surface area (Å²) < 4.78 is 23.5. The minimum Gasteiger partial charge on any atom is -0.493 e. The predicted molar refractivity (Wildman–Crippen MR) is 64.8 cm³/mol. The highest BCUT2D eigenvalue weighted by atomic mass is 19.1. The van der Waals surface area contributed by atoms with E-state index in [1.807, 2.05) is 6.92 Å². The minimum atomic E-state index is -1.23. The third-order valence-corrected chi connectivity index (χ3v) is 2.71. The SMILES string of the molecule is CCc1cc(F)c(OC)c(-c2cc(C(=O)O)on2)c1. The number of rotatable bonds is 4. The topological polar surface area (TPSA) is 72.6 Å². The van der Waals surface area contributed by atoms with Crippen LogP contribution in [0.5, 0.6) is 5.75 Å². The van der Waals surface area contributed by atoms with Crippen LogP contribution < -0.4 is 4.74 Å². The molecule has 0 unspecified atom stereocenters. The number of benzene rings is 1. The lowest BCUT2D eigenvalue weighted by Gasteiger charge is -2.09. The van der Waals surface area contributed by atoms with Gasteiger partial charge in [0.2, 0.25) is 5.76 Å². The highest BCUT2D eigenvalue weighted by molar-refractivity contribution is 5.86. The largest absolute Gasteiger partial charge is 0.493 e. The smallest absolute Gasteiger partial charge is 0.374 e. The molecule has 1 heterocycles. The third kappa shape index (κ3) is 2.42. The second-order valence-corrected chi connectivity index (χ2v) is 3.89. The van der Waals surface area contributed by atoms with Gasteiger partial charge in [0.05, 0.1) is 7.11 Å². The molecule has 0 aliphatic carbocycles. The van der Waals surface area contributed by atoms with Crippen LogP contribution in [0.25, 0.3) is 11.3 Å². The lowest BCUT2D eigenvalue weighted by Crippen LogP contribution is -1.95. The average Bonchev–Trinajstić information content (AvgIpc) is 2.87. The van der Waals surface area contributed by atoms with Gasteiger partial charge in [0, 0.05) is 11.6 Å². The molecule has 2 aromatic rings. The zero-order valence-corrected chi connectivity index (χ0v) is 10.4. The van der Waals surface area contributed by atoms with Crippen LogP contribution >= 0.6 is 0 Å². The van der Waals surface area contributed by atoms with Crippen LogP contribution in [0.15, 0.2) is 22.7 Å². The number of hydrogen-bond donors (Lipinski definition) is 1. The Kier molecular flexibility index (Phi) is 3.50. The number of aromatic carboxylic acids is 1. The van der Waals surface area contributed by atoms with Crippen molar-refractivity contribution in [2.45, 2.75) is 13.3 Å². The van der Waals surface area contributed by atoms with Gasteiger partial charge in [0.1, 0.15) is 5.69 Å². The first-order valence-electron chi connectivity index (χ1n) is 5.63. The van der Waals surface area contributed by atoms with E-state index in [1.54, 1.807) is 6.07 Å². The fourth-order valence-electron chi connectivity index (χ4n) is 1.75. The fourth-order valence-corrected chi connectivity index (χ4v) is 1.75. The second kappa shape index (κ2) is 5.09. The van der Waals surface area contributed by atoms with Gasteiger partial charge in [-0.1, -0.05) is 12.1 Å². The van der Waals surface area contributed by atoms with E-state index in [1.165, 1.54) is 19.2 Å². The number of nitrogens with zero attached hydrogens (tertiary/aromatic N) is 1. The van der Waals surface area contributed by atoms with E-state index in [4.69, 9.17) is 9.84 Å². The number of carbonyl (C=O) groups is 1. The Hall–Kier alpha value is -2.37. The van der Waals surface area contributed by atoms with Crippen molar-refractivity contribution in [3.8, 4) is 17.0 Å². The van der Waals surface area contributed by atoms with Crippen LogP contribution in [-0.2, 0) is 6.42 Å². The number of aromatic nitrogens is 1. The van der Waals surface area contributed by atoms with Crippen LogP contribution in [0.4, 0.5) is 4.39 Å². The molecular weight excluding hydrogens is 253 g/mol. The van der Waals surface area contributed by atoms with Crippen molar-refractivity contribution in [3.63, 3.8) is 0 Å². The Morgan fingerprint density at radius 2 is 2.21 bits per heavy atom. The van der Waals surface area contributed by atoms with Crippen molar-refractivity contribution in [1.82, 2.24) is 5.16 Å². The Morgan fingerprint density at radius 3 is 2.74 bits per heavy atom. The molecule has 0 amide bonds. The van der Waals surface area contributed by atoms with Gasteiger partial charge in [-0.05, 0) is 24.1 Å². The Labute approximate surface area is 108 Å². The standard InChI is InChI=1S/C13H12FNO4/c1-3-7-4-8(12(18-2)9(14)5-7)10-6-11(13(16)17)19-15-10/h4-6H,3H2,1-2H3,(H,16,17). The van der Waals surface area contributed by atoms with Gasteiger partial charge in [0.15, 0.2) is 11.6 Å². The Morgan fingerprint density at radius 1 is 1.47 bits per heavy atom. The lowest BCUT2D eigenvalue weighted by atomic mass is 10.0. The van der Waals surface area contributed by atoms with E-state index in [0.717, 1.165) is 5.56 Å². The molecule has 0 aliphatic heterocycles. The summed E-state index contributed by atoms with van der Waals surface area (Å²) >= 11 is 0. The lowest BCUT2D eigenvalue weighted by molar-refractivity contribution is 0.0652. The monoisotopic (exact) mass is 265 g/mol. The molecule has 0 atom stereocenters. The van der Waals surface area contributed by atoms with Crippen molar-refractivity contribution in [2.24, 2.45) is 0 Å². The highest BCUT2D eigenvalue weighted by Crippen LogP contribution is 2.33. The summed E-state index contributed by atoms with van der Waals surface area (Å²) in [6.45, 7) is 1.89. The molecule has 1 aromatic carbocycles. The van der Waals surface area contributed by atoms with E-state index in [2.05, 4.69) is 9.68 Å². The number of methoxy groups -OCH3 is 1. The quantitative estimate of drug-likeness (QED) is 0.920. The highest BCUT2D eigenvalue weighted by Gasteiger charge is 2.18. The van der Waals surface area contributed by atoms with Gasteiger partial charge in [-0.3, -0.25) is 0 Å². The van der Waals surface area contributed by atoms with Crippen LogP contribution in [0.3, 0.4) is 0 Å². The van der Waals surface area contributed by atoms with E-state index >= 15 is 0 Å². The molecule has 5 nitrogen and oxygen atoms in total. The molecule has 2 rings (SSSR count). The molecule has 19 heavy (non-hydrogen) atoms. The maximum Gasteiger partial charge on any atom is 0.374 e. The maximum absolute atomic E-state index is 13.8. The van der Waals surface area contributed by atoms with Gasteiger partial charge >= 0.3 is 5.97 Å². The van der Waals surface area contributed by atoms with Crippen molar-refractivity contribution in [1.29, 1.82) is 0 Å². The minimum absolute atomic E-state index is 0.0161. The Bertz CT molecular complexity index is 621. The zero-order valence-electron chi connectivity index (χ0n) is 10.4. The molecule has 6 heteroatoms. The normalized spacial score (nSPS) is 10.5. The molecule has 100 valence electrons. The first-order chi connectivity index (χ1) is 9.06. The van der Waals surface area contributed by atoms with Gasteiger partial charge in [-0.15, -0.1) is 0 Å². The van der Waals surface area contributed by atoms with Crippen LogP contribution in [0.1, 0.15) is 23.0 Å². The first kappa shape index (κ1) is 13.1. The molecule has 1 aromatic heterocycles. The third-order valence-electron chi connectivity index (χ3n) is 2.71. The molecular formula is C13H12FNO4. The first-order valence-corrected chi connectivity index (χ1v) is 5.63. The Balaban J connectivity index is 2.58. The van der Waals surface area contributed by atoms with Crippen molar-refractivity contribution < 1.29 is 23.6 Å². The number of halogens is 1. The maximum atomic E-state index is 13.8. The average molecular weight is 265 g/mol. The molecule has 1 N–H and O–H groups in total. The molecule has 0 spiro atoms. The van der Waals surface area contributed by atoms with Gasteiger partial charge in [-0.2, -0.15) is 0 Å². The van der Waals surface area contributed by atoms with E-state index in [9.17, 15) is 9.18 Å². The van der Waals surface area contributed by atoms with Crippen molar-refractivity contribution in [2.75, 3.05) is 7.11 Å². The van der Waals surface area contributed by atoms with Crippen molar-refractivity contribution in [3.05, 3.63) is 35.3 Å². The number of ether oxygens (including phenoxy) is 1. The molecule has 0 saturated heterocycles. The molecule has 0 bridgehead atoms. The second-order valence-electron chi connectivity index (χ2n) is 3.89. The summed E-state index contributed by atoms with van der Waals surface area (Å²) in [7, 11) is 1.34. The number of carboxylic acids is 1. The zero-order chi connectivity index (χ0) is 14.0. The summed E-state index contributed by atoms with van der Waals surface area (Å²) in [5, 5.41) is 12.4. The van der Waals surface area contributed by atoms with E-state index in [-0.39, 0.29) is 17.2 Å². The van der Waals surface area contributed by atoms with Gasteiger partial charge in [0.25, 0.3) is 0 Å². The van der Waals surface area contributed by atoms with E-state index in [0.29, 0.717) is 12.0 Å². The summed E-state index contributed by atoms with van der Waals surface area (Å²) in [5.41, 5.74) is 1.35. The number of hydrogen-bond acceptors (Lipinski definition) is 4. The fraction of sp³-hybridized carbons (Fsp3) is 0.231. The molecule has 0 radical (unpaired) electrons.